The van der Waals surface area contributed by atoms with Gasteiger partial charge in [-0.15, -0.1) is 11.6 Å². The Balaban J connectivity index is 2.12. The van der Waals surface area contributed by atoms with Crippen LogP contribution in [0.4, 0.5) is 0 Å². The first kappa shape index (κ1) is 27.5. The molecular weight excluding hydrogens is 412 g/mol. The molecule has 0 spiro atoms. The molecule has 0 saturated heterocycles. The molecule has 0 aliphatic carbocycles. The lowest BCUT2D eigenvalue weighted by atomic mass is 10.0. The molecule has 5 heteroatoms. The second-order valence-electron chi connectivity index (χ2n) is 8.30. The van der Waals surface area contributed by atoms with Crippen molar-refractivity contribution in [2.24, 2.45) is 0 Å². The molecule has 0 N–H and O–H groups in total. The summed E-state index contributed by atoms with van der Waals surface area (Å²) in [6.07, 6.45) is 16.6. The Bertz CT molecular complexity index is 615. The molecule has 0 fully saturated rings. The van der Waals surface area contributed by atoms with Crippen LogP contribution in [0.15, 0.2) is 24.3 Å². The molecule has 4 nitrogen and oxygen atoms in total. The Hall–Kier alpha value is -1.55. The highest BCUT2D eigenvalue weighted by atomic mass is 35.5. The molecule has 0 aliphatic rings. The van der Waals surface area contributed by atoms with E-state index in [0.717, 1.165) is 12.8 Å². The predicted molar refractivity (Wildman–Crippen MR) is 128 cm³/mol. The number of halogens is 1. The molecule has 1 aromatic carbocycles. The highest BCUT2D eigenvalue weighted by Gasteiger charge is 2.19. The maximum absolute atomic E-state index is 12.4. The van der Waals surface area contributed by atoms with E-state index in [1.807, 2.05) is 0 Å². The van der Waals surface area contributed by atoms with Crippen LogP contribution >= 0.6 is 11.6 Å². The quantitative estimate of drug-likeness (QED) is 0.130. The fraction of sp³-hybridized carbons (Fsp3) is 0.692. The molecule has 0 saturated carbocycles. The second kappa shape index (κ2) is 18.1. The van der Waals surface area contributed by atoms with Crippen LogP contribution in [0.1, 0.15) is 118 Å². The molecule has 0 aromatic heterocycles. The zero-order valence-electron chi connectivity index (χ0n) is 19.5. The van der Waals surface area contributed by atoms with Gasteiger partial charge in [-0.05, 0) is 25.5 Å². The highest BCUT2D eigenvalue weighted by molar-refractivity contribution is 6.20. The lowest BCUT2D eigenvalue weighted by molar-refractivity contribution is 0.0455. The van der Waals surface area contributed by atoms with Gasteiger partial charge in [0.25, 0.3) is 0 Å². The average Bonchev–Trinajstić information content (AvgIpc) is 2.77. The van der Waals surface area contributed by atoms with E-state index in [1.54, 1.807) is 31.2 Å². The predicted octanol–water partition coefficient (Wildman–Crippen LogP) is 7.72. The standard InChI is InChI=1S/C26H41ClO4/c1-3-4-5-6-7-8-9-10-11-12-13-14-17-20-30-25(28)23-18-15-16-19-24(23)26(29)31-21-22(2)27/h15-16,18-19,22H,3-14,17,20-21H2,1-2H3. The van der Waals surface area contributed by atoms with Crippen molar-refractivity contribution < 1.29 is 19.1 Å². The van der Waals surface area contributed by atoms with Gasteiger partial charge in [0.15, 0.2) is 0 Å². The second-order valence-corrected chi connectivity index (χ2v) is 9.05. The van der Waals surface area contributed by atoms with Gasteiger partial charge < -0.3 is 9.47 Å². The topological polar surface area (TPSA) is 52.6 Å². The first-order valence-electron chi connectivity index (χ1n) is 12.1. The molecule has 0 bridgehead atoms. The molecule has 0 radical (unpaired) electrons. The van der Waals surface area contributed by atoms with E-state index in [9.17, 15) is 9.59 Å². The summed E-state index contributed by atoms with van der Waals surface area (Å²) < 4.78 is 10.5. The van der Waals surface area contributed by atoms with E-state index in [2.05, 4.69) is 6.92 Å². The number of ether oxygens (including phenoxy) is 2. The number of alkyl halides is 1. The number of esters is 2. The molecule has 1 rings (SSSR count). The van der Waals surface area contributed by atoms with Gasteiger partial charge in [0, 0.05) is 0 Å². The Kier molecular flexibility index (Phi) is 16.0. The van der Waals surface area contributed by atoms with E-state index < -0.39 is 11.9 Å². The van der Waals surface area contributed by atoms with E-state index in [1.165, 1.54) is 70.6 Å². The Labute approximate surface area is 194 Å². The zero-order chi connectivity index (χ0) is 22.7. The number of carbonyl (C=O) groups excluding carboxylic acids is 2. The minimum atomic E-state index is -0.555. The van der Waals surface area contributed by atoms with Gasteiger partial charge in [0.2, 0.25) is 0 Å². The number of rotatable bonds is 18. The van der Waals surface area contributed by atoms with Crippen LogP contribution in [0.25, 0.3) is 0 Å². The van der Waals surface area contributed by atoms with Crippen LogP contribution in [0.2, 0.25) is 0 Å². The minimum absolute atomic E-state index is 0.0999. The smallest absolute Gasteiger partial charge is 0.339 e. The van der Waals surface area contributed by atoms with Gasteiger partial charge in [0.1, 0.15) is 6.61 Å². The molecule has 1 atom stereocenters. The summed E-state index contributed by atoms with van der Waals surface area (Å²) >= 11 is 5.82. The van der Waals surface area contributed by atoms with Crippen molar-refractivity contribution in [3.63, 3.8) is 0 Å². The third-order valence-corrected chi connectivity index (χ3v) is 5.42. The van der Waals surface area contributed by atoms with E-state index in [-0.39, 0.29) is 23.1 Å². The van der Waals surface area contributed by atoms with Crippen LogP contribution in [-0.2, 0) is 9.47 Å². The normalized spacial score (nSPS) is 11.8. The fourth-order valence-electron chi connectivity index (χ4n) is 3.47. The lowest BCUT2D eigenvalue weighted by Crippen LogP contribution is -2.17. The summed E-state index contributed by atoms with van der Waals surface area (Å²) in [6.45, 7) is 4.47. The maximum Gasteiger partial charge on any atom is 0.339 e. The molecule has 0 aliphatic heterocycles. The van der Waals surface area contributed by atoms with Crippen molar-refractivity contribution in [3.05, 3.63) is 35.4 Å². The molecule has 31 heavy (non-hydrogen) atoms. The van der Waals surface area contributed by atoms with Crippen molar-refractivity contribution in [1.29, 1.82) is 0 Å². The highest BCUT2D eigenvalue weighted by Crippen LogP contribution is 2.15. The van der Waals surface area contributed by atoms with Crippen LogP contribution in [0.3, 0.4) is 0 Å². The first-order chi connectivity index (χ1) is 15.1. The SMILES string of the molecule is CCCCCCCCCCCCCCCOC(=O)c1ccccc1C(=O)OCC(C)Cl. The first-order valence-corrected chi connectivity index (χ1v) is 12.6. The van der Waals surface area contributed by atoms with Gasteiger partial charge in [0.05, 0.1) is 23.1 Å². The van der Waals surface area contributed by atoms with Crippen LogP contribution < -0.4 is 0 Å². The molecular formula is C26H41ClO4. The zero-order valence-corrected chi connectivity index (χ0v) is 20.3. The van der Waals surface area contributed by atoms with Crippen LogP contribution in [0.5, 0.6) is 0 Å². The number of hydrogen-bond acceptors (Lipinski definition) is 4. The molecule has 176 valence electrons. The largest absolute Gasteiger partial charge is 0.462 e. The van der Waals surface area contributed by atoms with Crippen molar-refractivity contribution in [2.75, 3.05) is 13.2 Å². The van der Waals surface area contributed by atoms with E-state index >= 15 is 0 Å². The molecule has 0 amide bonds. The Morgan fingerprint density at radius 3 is 1.61 bits per heavy atom. The number of benzene rings is 1. The number of carbonyl (C=O) groups is 2. The number of hydrogen-bond donors (Lipinski definition) is 0. The molecule has 1 unspecified atom stereocenters. The van der Waals surface area contributed by atoms with Gasteiger partial charge in [-0.25, -0.2) is 9.59 Å². The number of unbranched alkanes of at least 4 members (excludes halogenated alkanes) is 12. The van der Waals surface area contributed by atoms with Gasteiger partial charge in [-0.3, -0.25) is 0 Å². The summed E-state index contributed by atoms with van der Waals surface area (Å²) in [4.78, 5) is 24.6. The van der Waals surface area contributed by atoms with Gasteiger partial charge >= 0.3 is 11.9 Å². The third-order valence-electron chi connectivity index (χ3n) is 5.29. The molecule has 0 heterocycles. The Morgan fingerprint density at radius 2 is 1.16 bits per heavy atom. The van der Waals surface area contributed by atoms with Crippen LogP contribution in [0, 0.1) is 0 Å². The monoisotopic (exact) mass is 452 g/mol. The van der Waals surface area contributed by atoms with Gasteiger partial charge in [-0.1, -0.05) is 96.1 Å². The van der Waals surface area contributed by atoms with Crippen LogP contribution in [-0.4, -0.2) is 30.5 Å². The summed E-state index contributed by atoms with van der Waals surface area (Å²) in [5.74, 6) is -1.04. The van der Waals surface area contributed by atoms with Gasteiger partial charge in [-0.2, -0.15) is 0 Å². The van der Waals surface area contributed by atoms with Crippen molar-refractivity contribution in [1.82, 2.24) is 0 Å². The maximum atomic E-state index is 12.4. The fourth-order valence-corrected chi connectivity index (χ4v) is 3.53. The summed E-state index contributed by atoms with van der Waals surface area (Å²) in [7, 11) is 0. The molecule has 1 aromatic rings. The van der Waals surface area contributed by atoms with Crippen molar-refractivity contribution >= 4 is 23.5 Å². The Morgan fingerprint density at radius 1 is 0.742 bits per heavy atom. The van der Waals surface area contributed by atoms with Crippen molar-refractivity contribution in [2.45, 2.75) is 103 Å². The lowest BCUT2D eigenvalue weighted by Gasteiger charge is -2.10. The van der Waals surface area contributed by atoms with E-state index in [0.29, 0.717) is 6.61 Å². The summed E-state index contributed by atoms with van der Waals surface area (Å²) in [5.41, 5.74) is 0.458. The van der Waals surface area contributed by atoms with Crippen molar-refractivity contribution in [3.8, 4) is 0 Å². The summed E-state index contributed by atoms with van der Waals surface area (Å²) in [6, 6.07) is 6.57. The minimum Gasteiger partial charge on any atom is -0.462 e. The third kappa shape index (κ3) is 13.5. The van der Waals surface area contributed by atoms with E-state index in [4.69, 9.17) is 21.1 Å². The average molecular weight is 453 g/mol. The summed E-state index contributed by atoms with van der Waals surface area (Å²) in [5, 5.41) is -0.279.